The van der Waals surface area contributed by atoms with Crippen LogP contribution in [0.2, 0.25) is 0 Å². The number of ketones is 1. The van der Waals surface area contributed by atoms with Crippen LogP contribution in [-0.4, -0.2) is 46.6 Å². The summed E-state index contributed by atoms with van der Waals surface area (Å²) in [7, 11) is 0. The Hall–Kier alpha value is -2.96. The Morgan fingerprint density at radius 1 is 1.23 bits per heavy atom. The van der Waals surface area contributed by atoms with Gasteiger partial charge in [-0.05, 0) is 26.8 Å². The number of rotatable bonds is 5. The fourth-order valence-corrected chi connectivity index (χ4v) is 3.39. The third-order valence-corrected chi connectivity index (χ3v) is 4.74. The van der Waals surface area contributed by atoms with Gasteiger partial charge in [0.2, 0.25) is 11.8 Å². The van der Waals surface area contributed by atoms with Crippen molar-refractivity contribution < 1.29 is 23.9 Å². The number of ether oxygens (including phenoxy) is 1. The maximum atomic E-state index is 13.1. The van der Waals surface area contributed by atoms with Crippen LogP contribution in [0.3, 0.4) is 0 Å². The Labute approximate surface area is 150 Å². The van der Waals surface area contributed by atoms with E-state index in [9.17, 15) is 19.2 Å². The predicted molar refractivity (Wildman–Crippen MR) is 93.3 cm³/mol. The zero-order valence-corrected chi connectivity index (χ0v) is 14.9. The lowest BCUT2D eigenvalue weighted by molar-refractivity contribution is -0.153. The molecule has 1 N–H and O–H groups in total. The van der Waals surface area contributed by atoms with E-state index in [1.807, 2.05) is 12.1 Å². The topological polar surface area (TPSA) is 96.5 Å². The van der Waals surface area contributed by atoms with Gasteiger partial charge in [0.25, 0.3) is 0 Å². The minimum atomic E-state index is -1.24. The highest BCUT2D eigenvalue weighted by atomic mass is 16.5. The molecule has 1 aliphatic rings. The molecule has 1 saturated heterocycles. The number of nitrogens with zero attached hydrogens (tertiary/aromatic N) is 1. The van der Waals surface area contributed by atoms with E-state index in [2.05, 4.69) is 4.98 Å². The Morgan fingerprint density at radius 3 is 2.62 bits per heavy atom. The molecule has 0 spiro atoms. The number of hydrogen-bond acceptors (Lipinski definition) is 5. The van der Waals surface area contributed by atoms with E-state index in [1.54, 1.807) is 39.1 Å². The average molecular weight is 356 g/mol. The van der Waals surface area contributed by atoms with E-state index in [0.717, 1.165) is 10.4 Å². The number of hydrogen-bond donors (Lipinski definition) is 1. The number of carbonyl (C=O) groups is 4. The van der Waals surface area contributed by atoms with Crippen LogP contribution >= 0.6 is 0 Å². The van der Waals surface area contributed by atoms with Crippen LogP contribution in [0.4, 0.5) is 0 Å². The van der Waals surface area contributed by atoms with Crippen LogP contribution < -0.4 is 0 Å². The molecule has 1 aromatic heterocycles. The molecular formula is C19H20N2O5. The number of nitrogens with one attached hydrogen (secondary N) is 1. The molecule has 1 atom stereocenters. The molecule has 1 fully saturated rings. The summed E-state index contributed by atoms with van der Waals surface area (Å²) >= 11 is 0. The van der Waals surface area contributed by atoms with Gasteiger partial charge in [-0.1, -0.05) is 18.2 Å². The van der Waals surface area contributed by atoms with Crippen LogP contribution in [-0.2, 0) is 19.1 Å². The molecule has 2 aromatic rings. The normalized spacial score (nSPS) is 19.2. The van der Waals surface area contributed by atoms with E-state index >= 15 is 0 Å². The highest BCUT2D eigenvalue weighted by molar-refractivity contribution is 6.24. The zero-order valence-electron chi connectivity index (χ0n) is 14.9. The van der Waals surface area contributed by atoms with Gasteiger partial charge < -0.3 is 9.72 Å². The van der Waals surface area contributed by atoms with Gasteiger partial charge in [-0.15, -0.1) is 0 Å². The number of H-pyrrole nitrogens is 1. The number of fused-ring (bicyclic) bond motifs is 1. The third kappa shape index (κ3) is 2.69. The first-order valence-corrected chi connectivity index (χ1v) is 8.40. The van der Waals surface area contributed by atoms with Crippen molar-refractivity contribution in [2.75, 3.05) is 13.2 Å². The quantitative estimate of drug-likeness (QED) is 0.382. The van der Waals surface area contributed by atoms with Crippen molar-refractivity contribution in [1.82, 2.24) is 9.88 Å². The molecule has 26 heavy (non-hydrogen) atoms. The highest BCUT2D eigenvalue weighted by Crippen LogP contribution is 2.40. The van der Waals surface area contributed by atoms with Gasteiger partial charge in [0.15, 0.2) is 5.78 Å². The maximum Gasteiger partial charge on any atom is 0.326 e. The Morgan fingerprint density at radius 2 is 1.92 bits per heavy atom. The summed E-state index contributed by atoms with van der Waals surface area (Å²) in [5.74, 6) is -3.50. The molecule has 2 heterocycles. The van der Waals surface area contributed by atoms with E-state index in [-0.39, 0.29) is 6.61 Å². The number of Topliss-reactive ketones (excluding diaryl/α,β-unsaturated/α-hetero) is 1. The molecule has 136 valence electrons. The van der Waals surface area contributed by atoms with Crippen LogP contribution in [0.5, 0.6) is 0 Å². The molecule has 1 aromatic carbocycles. The summed E-state index contributed by atoms with van der Waals surface area (Å²) in [5, 5.41) is 0.692. The largest absolute Gasteiger partial charge is 0.465 e. The lowest BCUT2D eigenvalue weighted by Crippen LogP contribution is -2.37. The summed E-state index contributed by atoms with van der Waals surface area (Å²) in [6.45, 7) is 4.41. The number of imide groups is 1. The van der Waals surface area contributed by atoms with Gasteiger partial charge in [0.1, 0.15) is 12.5 Å². The molecule has 7 heteroatoms. The first-order valence-electron chi connectivity index (χ1n) is 8.40. The molecule has 0 radical (unpaired) electrons. The molecule has 0 bridgehead atoms. The fraction of sp³-hybridized carbons (Fsp3) is 0.368. The Bertz CT molecular complexity index is 912. The van der Waals surface area contributed by atoms with Gasteiger partial charge in [-0.2, -0.15) is 0 Å². The van der Waals surface area contributed by atoms with Gasteiger partial charge >= 0.3 is 5.97 Å². The summed E-state index contributed by atoms with van der Waals surface area (Å²) in [5.41, 5.74) is -0.106. The number of likely N-dealkylation sites (tertiary alicyclic amines) is 1. The average Bonchev–Trinajstić information content (AvgIpc) is 3.08. The highest BCUT2D eigenvalue weighted by Gasteiger charge is 2.57. The van der Waals surface area contributed by atoms with E-state index in [0.29, 0.717) is 10.9 Å². The first-order chi connectivity index (χ1) is 12.3. The number of amides is 2. The second-order valence-corrected chi connectivity index (χ2v) is 6.80. The van der Waals surface area contributed by atoms with Crippen LogP contribution in [0, 0.1) is 11.3 Å². The van der Waals surface area contributed by atoms with Crippen LogP contribution in [0.25, 0.3) is 10.9 Å². The standard InChI is InChI=1S/C19H20N2O5/c1-4-26-14(22)10-21-17(24)15(19(2,3)18(21)25)16(23)12-9-20-13-8-6-5-7-11(12)13/h5-9,15,20H,4,10H2,1-3H3. The first kappa shape index (κ1) is 17.8. The van der Waals surface area contributed by atoms with Crippen LogP contribution in [0.15, 0.2) is 30.5 Å². The third-order valence-electron chi connectivity index (χ3n) is 4.74. The maximum absolute atomic E-state index is 13.1. The molecule has 7 nitrogen and oxygen atoms in total. The number of benzene rings is 1. The number of esters is 1. The van der Waals surface area contributed by atoms with E-state index in [4.69, 9.17) is 4.74 Å². The Balaban J connectivity index is 1.96. The van der Waals surface area contributed by atoms with Crippen molar-refractivity contribution in [2.45, 2.75) is 20.8 Å². The Kier molecular flexibility index (Phi) is 4.39. The van der Waals surface area contributed by atoms with Crippen molar-refractivity contribution in [3.05, 3.63) is 36.0 Å². The van der Waals surface area contributed by atoms with Gasteiger partial charge in [-0.25, -0.2) is 0 Å². The molecule has 1 unspecified atom stereocenters. The van der Waals surface area contributed by atoms with Crippen molar-refractivity contribution in [1.29, 1.82) is 0 Å². The van der Waals surface area contributed by atoms with Gasteiger partial charge in [0, 0.05) is 22.7 Å². The van der Waals surface area contributed by atoms with Crippen molar-refractivity contribution in [3.8, 4) is 0 Å². The molecule has 0 saturated carbocycles. The lowest BCUT2D eigenvalue weighted by atomic mass is 9.77. The summed E-state index contributed by atoms with van der Waals surface area (Å²) < 4.78 is 4.82. The van der Waals surface area contributed by atoms with Crippen LogP contribution in [0.1, 0.15) is 31.1 Å². The van der Waals surface area contributed by atoms with E-state index < -0.39 is 41.4 Å². The molecule has 1 aliphatic heterocycles. The number of carbonyl (C=O) groups excluding carboxylic acids is 4. The summed E-state index contributed by atoms with van der Waals surface area (Å²) in [6.07, 6.45) is 1.55. The number of aromatic nitrogens is 1. The minimum Gasteiger partial charge on any atom is -0.465 e. The lowest BCUT2D eigenvalue weighted by Gasteiger charge is -2.20. The SMILES string of the molecule is CCOC(=O)CN1C(=O)C(C(=O)c2c[nH]c3ccccc23)C(C)(C)C1=O. The van der Waals surface area contributed by atoms with Gasteiger partial charge in [0.05, 0.1) is 12.0 Å². The number of aromatic amines is 1. The van der Waals surface area contributed by atoms with Crippen molar-refractivity contribution in [3.63, 3.8) is 0 Å². The minimum absolute atomic E-state index is 0.149. The molecule has 2 amide bonds. The molecular weight excluding hydrogens is 336 g/mol. The summed E-state index contributed by atoms with van der Waals surface area (Å²) in [6, 6.07) is 7.24. The number of para-hydroxylation sites is 1. The van der Waals surface area contributed by atoms with Gasteiger partial charge in [-0.3, -0.25) is 24.1 Å². The van der Waals surface area contributed by atoms with Crippen molar-refractivity contribution >= 4 is 34.5 Å². The van der Waals surface area contributed by atoms with Crippen molar-refractivity contribution in [2.24, 2.45) is 11.3 Å². The fourth-order valence-electron chi connectivity index (χ4n) is 3.39. The second kappa shape index (κ2) is 6.40. The molecule has 3 rings (SSSR count). The zero-order chi connectivity index (χ0) is 19.1. The smallest absolute Gasteiger partial charge is 0.326 e. The predicted octanol–water partition coefficient (Wildman–Crippen LogP) is 1.92. The van der Waals surface area contributed by atoms with E-state index in [1.165, 1.54) is 0 Å². The second-order valence-electron chi connectivity index (χ2n) is 6.80. The molecule has 0 aliphatic carbocycles. The monoisotopic (exact) mass is 356 g/mol. The summed E-state index contributed by atoms with van der Waals surface area (Å²) in [4.78, 5) is 54.1.